The quantitative estimate of drug-likeness (QED) is 0.770. The van der Waals surface area contributed by atoms with E-state index in [-0.39, 0.29) is 23.0 Å². The van der Waals surface area contributed by atoms with Crippen LogP contribution in [0.15, 0.2) is 6.20 Å². The maximum atomic E-state index is 13.1. The first-order valence-electron chi connectivity index (χ1n) is 8.12. The van der Waals surface area contributed by atoms with Gasteiger partial charge in [0.15, 0.2) is 11.4 Å². The fraction of sp³-hybridized carbons (Fsp3) is 0.467. The number of alkyl halides is 3. The molecule has 0 aromatic carbocycles. The molecule has 8 nitrogen and oxygen atoms in total. The third-order valence-corrected chi connectivity index (χ3v) is 4.42. The first kappa shape index (κ1) is 19.2. The summed E-state index contributed by atoms with van der Waals surface area (Å²) >= 11 is 5.87. The predicted molar refractivity (Wildman–Crippen MR) is 89.3 cm³/mol. The zero-order valence-corrected chi connectivity index (χ0v) is 14.9. The molecular formula is C15H16ClF3N6O2. The second kappa shape index (κ2) is 6.87. The summed E-state index contributed by atoms with van der Waals surface area (Å²) in [4.78, 5) is 23.8. The molecule has 1 aliphatic carbocycles. The number of nitrogens with two attached hydrogens (primary N) is 1. The van der Waals surface area contributed by atoms with Crippen LogP contribution in [0.2, 0.25) is 5.02 Å². The van der Waals surface area contributed by atoms with Crippen molar-refractivity contribution in [2.45, 2.75) is 44.9 Å². The lowest BCUT2D eigenvalue weighted by Gasteiger charge is -2.07. The van der Waals surface area contributed by atoms with Gasteiger partial charge in [0.05, 0.1) is 16.4 Å². The monoisotopic (exact) mass is 404 g/mol. The molecule has 3 N–H and O–H groups in total. The lowest BCUT2D eigenvalue weighted by molar-refractivity contribution is -0.141. The zero-order valence-electron chi connectivity index (χ0n) is 14.2. The minimum absolute atomic E-state index is 0.0802. The van der Waals surface area contributed by atoms with E-state index in [2.05, 4.69) is 15.5 Å². The van der Waals surface area contributed by atoms with Gasteiger partial charge in [0, 0.05) is 18.7 Å². The number of halogens is 4. The van der Waals surface area contributed by atoms with Crippen LogP contribution in [0, 0.1) is 0 Å². The molecule has 1 saturated carbocycles. The van der Waals surface area contributed by atoms with Crippen molar-refractivity contribution in [3.8, 4) is 0 Å². The SMILES string of the molecule is CCn1cc(NC(=O)Cn2nc(C(F)(F)F)c(Cl)c2C2CC2)c(C(N)=O)n1. The van der Waals surface area contributed by atoms with Gasteiger partial charge in [0.2, 0.25) is 5.91 Å². The smallest absolute Gasteiger partial charge is 0.364 e. The highest BCUT2D eigenvalue weighted by molar-refractivity contribution is 6.32. The Morgan fingerprint density at radius 2 is 2.04 bits per heavy atom. The van der Waals surface area contributed by atoms with Gasteiger partial charge in [-0.2, -0.15) is 23.4 Å². The average molecular weight is 405 g/mol. The molecule has 2 aromatic rings. The number of nitrogens with one attached hydrogen (secondary N) is 1. The van der Waals surface area contributed by atoms with E-state index < -0.39 is 35.3 Å². The highest BCUT2D eigenvalue weighted by atomic mass is 35.5. The topological polar surface area (TPSA) is 108 Å². The van der Waals surface area contributed by atoms with Crippen molar-refractivity contribution < 1.29 is 22.8 Å². The molecular weight excluding hydrogens is 389 g/mol. The molecule has 0 aliphatic heterocycles. The van der Waals surface area contributed by atoms with Gasteiger partial charge in [-0.25, -0.2) is 0 Å². The Labute approximate surface area is 156 Å². The van der Waals surface area contributed by atoms with E-state index in [0.717, 1.165) is 4.68 Å². The number of anilines is 1. The van der Waals surface area contributed by atoms with Crippen molar-refractivity contribution in [3.05, 3.63) is 28.3 Å². The third kappa shape index (κ3) is 3.92. The molecule has 0 bridgehead atoms. The zero-order chi connectivity index (χ0) is 19.9. The summed E-state index contributed by atoms with van der Waals surface area (Å²) in [5.74, 6) is -1.67. The summed E-state index contributed by atoms with van der Waals surface area (Å²) in [5.41, 5.74) is 4.15. The van der Waals surface area contributed by atoms with Crippen LogP contribution in [-0.4, -0.2) is 31.4 Å². The first-order chi connectivity index (χ1) is 12.6. The maximum absolute atomic E-state index is 13.1. The lowest BCUT2D eigenvalue weighted by atomic mass is 10.2. The van der Waals surface area contributed by atoms with E-state index in [0.29, 0.717) is 19.4 Å². The molecule has 3 rings (SSSR count). The molecule has 2 heterocycles. The summed E-state index contributed by atoms with van der Waals surface area (Å²) in [6.45, 7) is 1.72. The number of aryl methyl sites for hydroxylation is 1. The van der Waals surface area contributed by atoms with Gasteiger partial charge < -0.3 is 11.1 Å². The number of nitrogens with zero attached hydrogens (tertiary/aromatic N) is 4. The Hall–Kier alpha value is -2.56. The number of rotatable bonds is 6. The van der Waals surface area contributed by atoms with Crippen LogP contribution in [-0.2, 0) is 24.1 Å². The molecule has 0 unspecified atom stereocenters. The van der Waals surface area contributed by atoms with E-state index >= 15 is 0 Å². The highest BCUT2D eigenvalue weighted by Crippen LogP contribution is 2.46. The van der Waals surface area contributed by atoms with Crippen molar-refractivity contribution in [3.63, 3.8) is 0 Å². The van der Waals surface area contributed by atoms with Crippen molar-refractivity contribution in [1.82, 2.24) is 19.6 Å². The fourth-order valence-electron chi connectivity index (χ4n) is 2.68. The molecule has 146 valence electrons. The van der Waals surface area contributed by atoms with E-state index in [1.807, 2.05) is 0 Å². The largest absolute Gasteiger partial charge is 0.436 e. The standard InChI is InChI=1S/C15H16ClF3N6O2/c1-2-24-5-8(11(22-24)14(20)27)21-9(26)6-25-12(7-3-4-7)10(16)13(23-25)15(17,18)19/h5,7H,2-4,6H2,1H3,(H2,20,27)(H,21,26). The number of amides is 2. The van der Waals surface area contributed by atoms with Gasteiger partial charge >= 0.3 is 6.18 Å². The van der Waals surface area contributed by atoms with Crippen molar-refractivity contribution >= 4 is 29.1 Å². The summed E-state index contributed by atoms with van der Waals surface area (Å²) in [6.07, 6.45) is -1.94. The normalized spacial score (nSPS) is 14.4. The average Bonchev–Trinajstić information content (AvgIpc) is 3.21. The maximum Gasteiger partial charge on any atom is 0.436 e. The highest BCUT2D eigenvalue weighted by Gasteiger charge is 2.42. The number of primary amides is 1. The number of hydrogen-bond donors (Lipinski definition) is 2. The molecule has 2 amide bonds. The Morgan fingerprint density at radius 3 is 2.56 bits per heavy atom. The molecule has 2 aromatic heterocycles. The van der Waals surface area contributed by atoms with Gasteiger partial charge in [-0.05, 0) is 19.8 Å². The molecule has 0 saturated heterocycles. The molecule has 0 spiro atoms. The summed E-state index contributed by atoms with van der Waals surface area (Å²) < 4.78 is 41.6. The fourth-order valence-corrected chi connectivity index (χ4v) is 3.08. The Balaban J connectivity index is 1.85. The minimum Gasteiger partial charge on any atom is -0.364 e. The van der Waals surface area contributed by atoms with Crippen molar-refractivity contribution in [2.75, 3.05) is 5.32 Å². The molecule has 0 atom stereocenters. The van der Waals surface area contributed by atoms with Crippen molar-refractivity contribution in [1.29, 1.82) is 0 Å². The number of hydrogen-bond acceptors (Lipinski definition) is 4. The Kier molecular flexibility index (Phi) is 4.89. The number of aromatic nitrogens is 4. The van der Waals surface area contributed by atoms with E-state index in [9.17, 15) is 22.8 Å². The van der Waals surface area contributed by atoms with Crippen LogP contribution < -0.4 is 11.1 Å². The number of carbonyl (C=O) groups excluding carboxylic acids is 2. The number of carbonyl (C=O) groups is 2. The first-order valence-corrected chi connectivity index (χ1v) is 8.50. The van der Waals surface area contributed by atoms with Crippen LogP contribution in [0.25, 0.3) is 0 Å². The van der Waals surface area contributed by atoms with Crippen LogP contribution >= 0.6 is 11.6 Å². The van der Waals surface area contributed by atoms with Crippen LogP contribution in [0.4, 0.5) is 18.9 Å². The summed E-state index contributed by atoms with van der Waals surface area (Å²) in [7, 11) is 0. The molecule has 1 aliphatic rings. The molecule has 0 radical (unpaired) electrons. The molecule has 12 heteroatoms. The van der Waals surface area contributed by atoms with Crippen LogP contribution in [0.1, 0.15) is 47.6 Å². The van der Waals surface area contributed by atoms with Gasteiger partial charge in [0.25, 0.3) is 5.91 Å². The predicted octanol–water partition coefficient (Wildman–Crippen LogP) is 2.39. The van der Waals surface area contributed by atoms with E-state index in [4.69, 9.17) is 17.3 Å². The summed E-state index contributed by atoms with van der Waals surface area (Å²) in [5, 5.41) is 9.38. The third-order valence-electron chi connectivity index (χ3n) is 4.05. The Bertz CT molecular complexity index is 900. The van der Waals surface area contributed by atoms with Gasteiger partial charge in [0.1, 0.15) is 6.54 Å². The lowest BCUT2D eigenvalue weighted by Crippen LogP contribution is -2.23. The second-order valence-electron chi connectivity index (χ2n) is 6.14. The minimum atomic E-state index is -4.72. The Morgan fingerprint density at radius 1 is 1.37 bits per heavy atom. The van der Waals surface area contributed by atoms with Crippen molar-refractivity contribution in [2.24, 2.45) is 5.73 Å². The van der Waals surface area contributed by atoms with E-state index in [1.165, 1.54) is 10.9 Å². The molecule has 1 fully saturated rings. The molecule has 27 heavy (non-hydrogen) atoms. The second-order valence-corrected chi connectivity index (χ2v) is 6.51. The van der Waals surface area contributed by atoms with Gasteiger partial charge in [-0.3, -0.25) is 19.0 Å². The summed E-state index contributed by atoms with van der Waals surface area (Å²) in [6, 6.07) is 0. The van der Waals surface area contributed by atoms with Gasteiger partial charge in [-0.15, -0.1) is 0 Å². The van der Waals surface area contributed by atoms with Gasteiger partial charge in [-0.1, -0.05) is 11.6 Å². The van der Waals surface area contributed by atoms with Crippen LogP contribution in [0.3, 0.4) is 0 Å². The van der Waals surface area contributed by atoms with Crippen LogP contribution in [0.5, 0.6) is 0 Å². The van der Waals surface area contributed by atoms with E-state index in [1.54, 1.807) is 6.92 Å².